The van der Waals surface area contributed by atoms with Crippen LogP contribution in [0, 0.1) is 0 Å². The fraction of sp³-hybridized carbons (Fsp3) is 0.600. The molecule has 1 saturated carbocycles. The molecule has 1 aliphatic carbocycles. The monoisotopic (exact) mass is 267 g/mol. The van der Waals surface area contributed by atoms with Crippen molar-refractivity contribution < 1.29 is 9.26 Å². The zero-order valence-electron chi connectivity index (χ0n) is 9.65. The van der Waals surface area contributed by atoms with Crippen molar-refractivity contribution in [3.05, 3.63) is 12.0 Å². The largest absolute Gasteiger partial charge is 0.376 e. The lowest BCUT2D eigenvalue weighted by molar-refractivity contribution is -0.00549. The Bertz CT molecular complexity index is 496. The van der Waals surface area contributed by atoms with Crippen LogP contribution in [-0.2, 0) is 4.74 Å². The SMILES string of the molecule is NC(COC1CCC1)c1noc(-c2cnns2)n1. The number of aromatic nitrogens is 4. The van der Waals surface area contributed by atoms with Crippen LogP contribution in [0.2, 0.25) is 0 Å². The van der Waals surface area contributed by atoms with Gasteiger partial charge in [-0.3, -0.25) is 0 Å². The van der Waals surface area contributed by atoms with Crippen molar-refractivity contribution in [2.45, 2.75) is 31.4 Å². The van der Waals surface area contributed by atoms with E-state index in [9.17, 15) is 0 Å². The van der Waals surface area contributed by atoms with Crippen molar-refractivity contribution >= 4 is 11.5 Å². The normalized spacial score (nSPS) is 17.6. The van der Waals surface area contributed by atoms with Gasteiger partial charge in [0, 0.05) is 0 Å². The van der Waals surface area contributed by atoms with Gasteiger partial charge in [-0.2, -0.15) is 4.98 Å². The summed E-state index contributed by atoms with van der Waals surface area (Å²) in [5.41, 5.74) is 5.95. The molecule has 96 valence electrons. The number of ether oxygens (including phenoxy) is 1. The average Bonchev–Trinajstić information content (AvgIpc) is 2.97. The van der Waals surface area contributed by atoms with E-state index >= 15 is 0 Å². The van der Waals surface area contributed by atoms with E-state index in [-0.39, 0.29) is 6.04 Å². The predicted octanol–water partition coefficient (Wildman–Crippen LogP) is 1.16. The Morgan fingerprint density at radius 2 is 2.44 bits per heavy atom. The smallest absolute Gasteiger partial charge is 0.271 e. The van der Waals surface area contributed by atoms with Crippen molar-refractivity contribution in [1.82, 2.24) is 19.7 Å². The molecule has 1 atom stereocenters. The van der Waals surface area contributed by atoms with Crippen LogP contribution >= 0.6 is 11.5 Å². The van der Waals surface area contributed by atoms with Gasteiger partial charge in [0.15, 0.2) is 5.82 Å². The third-order valence-corrected chi connectivity index (χ3v) is 3.56. The quantitative estimate of drug-likeness (QED) is 0.867. The Balaban J connectivity index is 1.61. The second-order valence-corrected chi connectivity index (χ2v) is 5.02. The van der Waals surface area contributed by atoms with E-state index in [4.69, 9.17) is 15.0 Å². The van der Waals surface area contributed by atoms with E-state index in [0.717, 1.165) is 17.7 Å². The molecule has 2 aromatic heterocycles. The molecule has 3 rings (SSSR count). The van der Waals surface area contributed by atoms with Gasteiger partial charge in [-0.05, 0) is 30.8 Å². The van der Waals surface area contributed by atoms with E-state index in [1.165, 1.54) is 18.0 Å². The number of hydrogen-bond acceptors (Lipinski definition) is 8. The second kappa shape index (κ2) is 5.09. The summed E-state index contributed by atoms with van der Waals surface area (Å²) in [4.78, 5) is 4.96. The van der Waals surface area contributed by atoms with E-state index < -0.39 is 0 Å². The minimum absolute atomic E-state index is 0.355. The molecule has 8 heteroatoms. The molecule has 1 aliphatic rings. The highest BCUT2D eigenvalue weighted by molar-refractivity contribution is 7.09. The summed E-state index contributed by atoms with van der Waals surface area (Å²) in [6.07, 6.45) is 5.42. The molecular weight excluding hydrogens is 254 g/mol. The lowest BCUT2D eigenvalue weighted by Gasteiger charge is -2.26. The summed E-state index contributed by atoms with van der Waals surface area (Å²) >= 11 is 1.20. The van der Waals surface area contributed by atoms with Gasteiger partial charge in [0.25, 0.3) is 5.89 Å². The maximum absolute atomic E-state index is 5.95. The molecule has 18 heavy (non-hydrogen) atoms. The lowest BCUT2D eigenvalue weighted by atomic mass is 9.96. The van der Waals surface area contributed by atoms with Crippen LogP contribution < -0.4 is 5.73 Å². The summed E-state index contributed by atoms with van der Waals surface area (Å²) in [5.74, 6) is 0.858. The van der Waals surface area contributed by atoms with E-state index in [2.05, 4.69) is 19.7 Å². The molecule has 2 aromatic rings. The van der Waals surface area contributed by atoms with E-state index in [1.807, 2.05) is 0 Å². The van der Waals surface area contributed by atoms with Gasteiger partial charge in [0.05, 0.1) is 24.9 Å². The van der Waals surface area contributed by atoms with Crippen LogP contribution in [0.4, 0.5) is 0 Å². The van der Waals surface area contributed by atoms with Gasteiger partial charge < -0.3 is 15.0 Å². The fourth-order valence-electron chi connectivity index (χ4n) is 1.60. The Morgan fingerprint density at radius 3 is 3.11 bits per heavy atom. The molecular formula is C10H13N5O2S. The number of nitrogens with two attached hydrogens (primary N) is 1. The van der Waals surface area contributed by atoms with Crippen LogP contribution in [-0.4, -0.2) is 32.4 Å². The molecule has 0 saturated heterocycles. The Hall–Kier alpha value is -1.38. The highest BCUT2D eigenvalue weighted by Crippen LogP contribution is 2.24. The second-order valence-electron chi connectivity index (χ2n) is 4.23. The zero-order valence-corrected chi connectivity index (χ0v) is 10.5. The van der Waals surface area contributed by atoms with Crippen molar-refractivity contribution in [2.75, 3.05) is 6.61 Å². The highest BCUT2D eigenvalue weighted by Gasteiger charge is 2.21. The van der Waals surface area contributed by atoms with Gasteiger partial charge in [0.2, 0.25) is 0 Å². The third-order valence-electron chi connectivity index (χ3n) is 2.91. The zero-order chi connectivity index (χ0) is 12.4. The van der Waals surface area contributed by atoms with Crippen LogP contribution in [0.3, 0.4) is 0 Å². The summed E-state index contributed by atoms with van der Waals surface area (Å²) in [6, 6.07) is -0.357. The molecule has 7 nitrogen and oxygen atoms in total. The minimum atomic E-state index is -0.357. The third kappa shape index (κ3) is 2.40. The Kier molecular flexibility index (Phi) is 3.31. The summed E-state index contributed by atoms with van der Waals surface area (Å²) in [7, 11) is 0. The minimum Gasteiger partial charge on any atom is -0.376 e. The summed E-state index contributed by atoms with van der Waals surface area (Å²) < 4.78 is 14.5. The first kappa shape index (κ1) is 11.7. The number of hydrogen-bond donors (Lipinski definition) is 1. The molecule has 0 aliphatic heterocycles. The Morgan fingerprint density at radius 1 is 1.56 bits per heavy atom. The summed E-state index contributed by atoms with van der Waals surface area (Å²) in [5, 5.41) is 7.57. The van der Waals surface area contributed by atoms with Crippen molar-refractivity contribution in [2.24, 2.45) is 5.73 Å². The first-order valence-electron chi connectivity index (χ1n) is 5.81. The first-order valence-corrected chi connectivity index (χ1v) is 6.59. The van der Waals surface area contributed by atoms with Crippen molar-refractivity contribution in [1.29, 1.82) is 0 Å². The predicted molar refractivity (Wildman–Crippen MR) is 63.7 cm³/mol. The van der Waals surface area contributed by atoms with E-state index in [1.54, 1.807) is 6.20 Å². The van der Waals surface area contributed by atoms with Gasteiger partial charge in [-0.1, -0.05) is 9.64 Å². The first-order chi connectivity index (χ1) is 8.83. The van der Waals surface area contributed by atoms with Gasteiger partial charge >= 0.3 is 0 Å². The highest BCUT2D eigenvalue weighted by atomic mass is 32.1. The average molecular weight is 267 g/mol. The standard InChI is InChI=1S/C10H13N5O2S/c11-7(5-16-6-2-1-3-6)9-13-10(17-14-9)8-4-12-15-18-8/h4,6-7H,1-3,5,11H2. The lowest BCUT2D eigenvalue weighted by Crippen LogP contribution is -2.27. The molecule has 1 unspecified atom stereocenters. The molecule has 2 N–H and O–H groups in total. The molecule has 0 aromatic carbocycles. The Labute approximate surface area is 107 Å². The van der Waals surface area contributed by atoms with Gasteiger partial charge in [-0.25, -0.2) is 0 Å². The van der Waals surface area contributed by atoms with Crippen molar-refractivity contribution in [3.8, 4) is 10.8 Å². The molecule has 0 amide bonds. The maximum Gasteiger partial charge on any atom is 0.271 e. The van der Waals surface area contributed by atoms with E-state index in [0.29, 0.717) is 24.4 Å². The topological polar surface area (TPSA) is 100.0 Å². The van der Waals surface area contributed by atoms with Crippen LogP contribution in [0.1, 0.15) is 31.1 Å². The number of nitrogens with zero attached hydrogens (tertiary/aromatic N) is 4. The van der Waals surface area contributed by atoms with Crippen molar-refractivity contribution in [3.63, 3.8) is 0 Å². The van der Waals surface area contributed by atoms with Gasteiger partial charge in [-0.15, -0.1) is 5.10 Å². The number of rotatable bonds is 5. The van der Waals surface area contributed by atoms with Crippen LogP contribution in [0.25, 0.3) is 10.8 Å². The van der Waals surface area contributed by atoms with Crippen LogP contribution in [0.5, 0.6) is 0 Å². The molecule has 0 radical (unpaired) electrons. The molecule has 1 fully saturated rings. The molecule has 2 heterocycles. The van der Waals surface area contributed by atoms with Crippen LogP contribution in [0.15, 0.2) is 10.7 Å². The maximum atomic E-state index is 5.95. The van der Waals surface area contributed by atoms with Gasteiger partial charge in [0.1, 0.15) is 4.88 Å². The molecule has 0 spiro atoms. The molecule has 0 bridgehead atoms. The summed E-state index contributed by atoms with van der Waals surface area (Å²) in [6.45, 7) is 0.421. The fourth-order valence-corrected chi connectivity index (χ4v) is 2.04.